The number of H-pyrrole nitrogens is 1. The van der Waals surface area contributed by atoms with Crippen molar-refractivity contribution in [2.24, 2.45) is 0 Å². The largest absolute Gasteiger partial charge is 0.419 e. The van der Waals surface area contributed by atoms with Crippen LogP contribution in [0.4, 0.5) is 28.9 Å². The number of rotatable bonds is 9. The van der Waals surface area contributed by atoms with Crippen LogP contribution < -0.4 is 21.3 Å². The quantitative estimate of drug-likeness (QED) is 0.233. The van der Waals surface area contributed by atoms with Crippen molar-refractivity contribution < 1.29 is 31.9 Å². The van der Waals surface area contributed by atoms with E-state index in [0.717, 1.165) is 48.8 Å². The number of aromatic nitrogens is 6. The summed E-state index contributed by atoms with van der Waals surface area (Å²) in [5.74, 6) is -2.19. The number of hydrogen-bond donors (Lipinski definition) is 2. The zero-order chi connectivity index (χ0) is 39.3. The third kappa shape index (κ3) is 6.95. The number of amides is 2. The van der Waals surface area contributed by atoms with Crippen molar-refractivity contribution in [2.45, 2.75) is 96.6 Å². The van der Waals surface area contributed by atoms with Crippen LogP contribution in [0.3, 0.4) is 0 Å². The number of piperazine rings is 1. The van der Waals surface area contributed by atoms with Crippen molar-refractivity contribution in [3.05, 3.63) is 79.1 Å². The number of carbonyl (C=O) groups excluding carboxylic acids is 2. The molecule has 7 rings (SSSR count). The predicted molar refractivity (Wildman–Crippen MR) is 195 cm³/mol. The first-order valence-corrected chi connectivity index (χ1v) is 18.5. The number of alkyl halides is 3. The van der Waals surface area contributed by atoms with Gasteiger partial charge in [0.2, 0.25) is 11.7 Å². The van der Waals surface area contributed by atoms with E-state index in [9.17, 15) is 36.7 Å². The maximum atomic E-state index is 14.8. The standard InChI is InChI=1S/C37H43F4N9O5/c1-5-28-31(46-15-16-47(20(2)18-46)33(52)25-17-42-49(34(25)53)23-7-6-8-23)35(54)50-36(44-32(45-50)22-9-11-24(55-4)12-10-22)48(28)19-29(51)43-27-14-13-26(37(39,40)41)30(38)21(27)3/h9,13-14,17,20,23-24,42H,5-8,10-12,15-16,18-19H2,1-4H3,(H,43,51)/t20-,24?/m1/s1. The van der Waals surface area contributed by atoms with Crippen molar-refractivity contribution in [1.29, 1.82) is 0 Å². The Balaban J connectivity index is 1.23. The molecule has 0 spiro atoms. The summed E-state index contributed by atoms with van der Waals surface area (Å²) in [4.78, 5) is 63.0. The Morgan fingerprint density at radius 3 is 2.49 bits per heavy atom. The maximum absolute atomic E-state index is 14.8. The van der Waals surface area contributed by atoms with Crippen LogP contribution in [-0.4, -0.2) is 84.5 Å². The summed E-state index contributed by atoms with van der Waals surface area (Å²) in [6.45, 7) is 5.01. The van der Waals surface area contributed by atoms with Crippen molar-refractivity contribution in [3.8, 4) is 0 Å². The molecule has 18 heteroatoms. The topological polar surface area (TPSA) is 152 Å². The van der Waals surface area contributed by atoms with E-state index in [1.807, 2.05) is 24.8 Å². The number of ether oxygens (including phenoxy) is 1. The molecule has 2 fully saturated rings. The van der Waals surface area contributed by atoms with Crippen LogP contribution >= 0.6 is 0 Å². The molecular weight excluding hydrogens is 726 g/mol. The number of allylic oxidation sites excluding steroid dienone is 1. The summed E-state index contributed by atoms with van der Waals surface area (Å²) in [5, 5.41) is 10.1. The highest BCUT2D eigenvalue weighted by atomic mass is 19.4. The first-order valence-electron chi connectivity index (χ1n) is 18.5. The molecule has 1 unspecified atom stereocenters. The summed E-state index contributed by atoms with van der Waals surface area (Å²) in [5.41, 5.74) is -1.22. The third-order valence-electron chi connectivity index (χ3n) is 11.1. The van der Waals surface area contributed by atoms with E-state index >= 15 is 0 Å². The van der Waals surface area contributed by atoms with Crippen molar-refractivity contribution in [2.75, 3.05) is 37.0 Å². The Morgan fingerprint density at radius 2 is 1.87 bits per heavy atom. The summed E-state index contributed by atoms with van der Waals surface area (Å²) in [6.07, 6.45) is 3.51. The van der Waals surface area contributed by atoms with Gasteiger partial charge in [0.05, 0.1) is 23.4 Å². The van der Waals surface area contributed by atoms with E-state index in [-0.39, 0.29) is 72.0 Å². The zero-order valence-corrected chi connectivity index (χ0v) is 31.0. The van der Waals surface area contributed by atoms with Gasteiger partial charge < -0.3 is 29.5 Å². The predicted octanol–water partition coefficient (Wildman–Crippen LogP) is 4.71. The number of halogens is 4. The summed E-state index contributed by atoms with van der Waals surface area (Å²) in [6, 6.07) is 1.22. The molecule has 2 amide bonds. The van der Waals surface area contributed by atoms with Gasteiger partial charge in [0.25, 0.3) is 17.0 Å². The number of nitrogens with one attached hydrogen (secondary N) is 2. The Kier molecular flexibility index (Phi) is 10.2. The lowest BCUT2D eigenvalue weighted by Gasteiger charge is -2.41. The number of nitrogens with zero attached hydrogens (tertiary/aromatic N) is 7. The number of benzene rings is 1. The minimum Gasteiger partial charge on any atom is -0.381 e. The molecule has 2 N–H and O–H groups in total. The molecule has 0 radical (unpaired) electrons. The van der Waals surface area contributed by atoms with Gasteiger partial charge >= 0.3 is 6.18 Å². The average molecular weight is 770 g/mol. The Labute approximate surface area is 312 Å². The second kappa shape index (κ2) is 14.8. The van der Waals surface area contributed by atoms with Gasteiger partial charge in [0.15, 0.2) is 5.82 Å². The molecule has 0 bridgehead atoms. The normalized spacial score (nSPS) is 19.5. The third-order valence-corrected chi connectivity index (χ3v) is 11.1. The van der Waals surface area contributed by atoms with Crippen LogP contribution in [0, 0.1) is 12.7 Å². The molecule has 294 valence electrons. The minimum absolute atomic E-state index is 0.0369. The van der Waals surface area contributed by atoms with E-state index in [1.54, 1.807) is 16.6 Å². The lowest BCUT2D eigenvalue weighted by Crippen LogP contribution is -2.56. The first kappa shape index (κ1) is 38.0. The lowest BCUT2D eigenvalue weighted by molar-refractivity contribution is -0.140. The SMILES string of the molecule is CCc1c(N2CCN(C(=O)c3c[nH]n(C4CCC4)c3=O)[C@H](C)C2)c(=O)n2nc(C3=CCC(OC)CC3)nc2n1CC(=O)Nc1ccc(C(F)(F)F)c(F)c1C. The van der Waals surface area contributed by atoms with Gasteiger partial charge in [-0.25, -0.2) is 9.07 Å². The van der Waals surface area contributed by atoms with E-state index in [0.29, 0.717) is 30.4 Å². The molecule has 55 heavy (non-hydrogen) atoms. The second-order valence-corrected chi connectivity index (χ2v) is 14.4. The minimum atomic E-state index is -4.91. The molecule has 1 aromatic carbocycles. The molecule has 1 saturated carbocycles. The van der Waals surface area contributed by atoms with Crippen molar-refractivity contribution >= 4 is 34.5 Å². The average Bonchev–Trinajstić information content (AvgIpc) is 3.74. The molecule has 4 heterocycles. The highest BCUT2D eigenvalue weighted by molar-refractivity contribution is 5.94. The smallest absolute Gasteiger partial charge is 0.381 e. The summed E-state index contributed by atoms with van der Waals surface area (Å²) >= 11 is 0. The van der Waals surface area contributed by atoms with E-state index in [1.165, 1.54) is 10.9 Å². The van der Waals surface area contributed by atoms with Crippen molar-refractivity contribution in [3.63, 3.8) is 0 Å². The fourth-order valence-corrected chi connectivity index (χ4v) is 7.74. The highest BCUT2D eigenvalue weighted by Crippen LogP contribution is 2.35. The van der Waals surface area contributed by atoms with Crippen LogP contribution in [0.25, 0.3) is 11.4 Å². The fraction of sp³-hybridized carbons (Fsp3) is 0.514. The van der Waals surface area contributed by atoms with Gasteiger partial charge in [-0.2, -0.15) is 22.7 Å². The van der Waals surface area contributed by atoms with Gasteiger partial charge in [-0.05, 0) is 76.5 Å². The second-order valence-electron chi connectivity index (χ2n) is 14.4. The summed E-state index contributed by atoms with van der Waals surface area (Å²) < 4.78 is 64.5. The zero-order valence-electron chi connectivity index (χ0n) is 31.0. The maximum Gasteiger partial charge on any atom is 0.419 e. The Bertz CT molecular complexity index is 2300. The van der Waals surface area contributed by atoms with Gasteiger partial charge in [-0.15, -0.1) is 5.10 Å². The molecule has 3 aliphatic rings. The highest BCUT2D eigenvalue weighted by Gasteiger charge is 2.36. The van der Waals surface area contributed by atoms with Crippen molar-refractivity contribution in [1.82, 2.24) is 33.8 Å². The van der Waals surface area contributed by atoms with Crippen LogP contribution in [0.2, 0.25) is 0 Å². The van der Waals surface area contributed by atoms with Gasteiger partial charge in [0, 0.05) is 50.2 Å². The van der Waals surface area contributed by atoms with Crippen LogP contribution in [-0.2, 0) is 28.7 Å². The number of methoxy groups -OCH3 is 1. The Hall–Kier alpha value is -5.26. The van der Waals surface area contributed by atoms with E-state index < -0.39 is 47.5 Å². The number of anilines is 2. The molecule has 1 aliphatic heterocycles. The van der Waals surface area contributed by atoms with Crippen LogP contribution in [0.15, 0.2) is 34.0 Å². The molecule has 4 aromatic rings. The first-order chi connectivity index (χ1) is 26.2. The van der Waals surface area contributed by atoms with Crippen LogP contribution in [0.5, 0.6) is 0 Å². The van der Waals surface area contributed by atoms with Crippen LogP contribution in [0.1, 0.15) is 91.4 Å². The number of fused-ring (bicyclic) bond motifs is 1. The number of carbonyl (C=O) groups is 2. The molecule has 3 aromatic heterocycles. The molecule has 1 saturated heterocycles. The Morgan fingerprint density at radius 1 is 1.11 bits per heavy atom. The number of hydrogen-bond acceptors (Lipinski definition) is 8. The summed E-state index contributed by atoms with van der Waals surface area (Å²) in [7, 11) is 1.64. The van der Waals surface area contributed by atoms with E-state index in [2.05, 4.69) is 15.5 Å². The van der Waals surface area contributed by atoms with Gasteiger partial charge in [-0.1, -0.05) is 13.0 Å². The monoisotopic (exact) mass is 769 g/mol. The lowest BCUT2D eigenvalue weighted by atomic mass is 9.93. The van der Waals surface area contributed by atoms with E-state index in [4.69, 9.17) is 9.72 Å². The fourth-order valence-electron chi connectivity index (χ4n) is 7.74. The van der Waals surface area contributed by atoms with Gasteiger partial charge in [0.1, 0.15) is 23.6 Å². The molecule has 2 aliphatic carbocycles. The molecule has 14 nitrogen and oxygen atoms in total. The van der Waals surface area contributed by atoms with Gasteiger partial charge in [-0.3, -0.25) is 19.2 Å². The molecular formula is C37H43F4N9O5. The number of aromatic amines is 1. The molecule has 2 atom stereocenters.